The zero-order chi connectivity index (χ0) is 17.5. The van der Waals surface area contributed by atoms with E-state index in [4.69, 9.17) is 21.1 Å². The molecule has 0 unspecified atom stereocenters. The number of hydrogen-bond donors (Lipinski definition) is 1. The van der Waals surface area contributed by atoms with Crippen molar-refractivity contribution in [2.45, 2.75) is 6.92 Å². The number of halogens is 1. The van der Waals surface area contributed by atoms with E-state index < -0.39 is 4.92 Å². The normalized spacial score (nSPS) is 10.6. The first kappa shape index (κ1) is 17.5. The predicted octanol–water partition coefficient (Wildman–Crippen LogP) is 3.50. The molecule has 1 aromatic carbocycles. The highest BCUT2D eigenvalue weighted by atomic mass is 35.5. The van der Waals surface area contributed by atoms with Gasteiger partial charge in [-0.05, 0) is 30.7 Å². The standard InChI is InChI=1S/C15H15ClN4O4/c1-3-24-15-12(16)6-10(7-13(15)23-2)8-18-19-14-5-4-11(9-17-14)20(21)22/h4-9H,3H2,1-2H3,(H,17,19)/b18-8+. The second kappa shape index (κ2) is 8.11. The van der Waals surface area contributed by atoms with Crippen LogP contribution in [0.15, 0.2) is 35.6 Å². The molecule has 24 heavy (non-hydrogen) atoms. The van der Waals surface area contributed by atoms with Crippen molar-refractivity contribution in [1.82, 2.24) is 4.98 Å². The number of ether oxygens (including phenoxy) is 2. The molecular weight excluding hydrogens is 336 g/mol. The van der Waals surface area contributed by atoms with Crippen LogP contribution in [0.5, 0.6) is 11.5 Å². The van der Waals surface area contributed by atoms with Gasteiger partial charge in [0.25, 0.3) is 5.69 Å². The van der Waals surface area contributed by atoms with Crippen LogP contribution in [-0.2, 0) is 0 Å². The second-order valence-corrected chi connectivity index (χ2v) is 4.90. The van der Waals surface area contributed by atoms with E-state index in [-0.39, 0.29) is 5.69 Å². The minimum absolute atomic E-state index is 0.0902. The molecule has 0 amide bonds. The van der Waals surface area contributed by atoms with E-state index in [2.05, 4.69) is 15.5 Å². The van der Waals surface area contributed by atoms with Gasteiger partial charge in [0.2, 0.25) is 0 Å². The van der Waals surface area contributed by atoms with Crippen LogP contribution in [0.4, 0.5) is 11.5 Å². The van der Waals surface area contributed by atoms with Crippen molar-refractivity contribution < 1.29 is 14.4 Å². The molecule has 0 radical (unpaired) electrons. The van der Waals surface area contributed by atoms with E-state index >= 15 is 0 Å². The van der Waals surface area contributed by atoms with Crippen LogP contribution in [0.3, 0.4) is 0 Å². The molecule has 0 saturated carbocycles. The highest BCUT2D eigenvalue weighted by Gasteiger charge is 2.10. The number of nitrogens with zero attached hydrogens (tertiary/aromatic N) is 3. The van der Waals surface area contributed by atoms with Crippen LogP contribution in [-0.4, -0.2) is 29.8 Å². The Labute approximate surface area is 143 Å². The molecule has 0 fully saturated rings. The van der Waals surface area contributed by atoms with Crippen molar-refractivity contribution in [1.29, 1.82) is 0 Å². The first-order valence-electron chi connectivity index (χ1n) is 6.95. The van der Waals surface area contributed by atoms with E-state index in [1.54, 1.807) is 12.1 Å². The molecule has 0 atom stereocenters. The fraction of sp³-hybridized carbons (Fsp3) is 0.200. The summed E-state index contributed by atoms with van der Waals surface area (Å²) in [7, 11) is 1.52. The summed E-state index contributed by atoms with van der Waals surface area (Å²) in [6.45, 7) is 2.32. The number of nitrogens with one attached hydrogen (secondary N) is 1. The summed E-state index contributed by atoms with van der Waals surface area (Å²) in [4.78, 5) is 13.9. The molecule has 1 aromatic heterocycles. The van der Waals surface area contributed by atoms with Crippen molar-refractivity contribution in [2.24, 2.45) is 5.10 Å². The molecule has 2 aromatic rings. The third-order valence-electron chi connectivity index (χ3n) is 2.89. The summed E-state index contributed by atoms with van der Waals surface area (Å²) >= 11 is 6.17. The molecule has 0 bridgehead atoms. The number of methoxy groups -OCH3 is 1. The molecule has 1 N–H and O–H groups in total. The maximum atomic E-state index is 10.6. The maximum Gasteiger partial charge on any atom is 0.287 e. The monoisotopic (exact) mass is 350 g/mol. The molecule has 126 valence electrons. The Morgan fingerprint density at radius 3 is 2.83 bits per heavy atom. The van der Waals surface area contributed by atoms with E-state index in [1.807, 2.05) is 6.92 Å². The van der Waals surface area contributed by atoms with Crippen molar-refractivity contribution in [3.63, 3.8) is 0 Å². The second-order valence-electron chi connectivity index (χ2n) is 4.50. The number of nitro groups is 1. The van der Waals surface area contributed by atoms with Crippen LogP contribution < -0.4 is 14.9 Å². The van der Waals surface area contributed by atoms with E-state index in [0.29, 0.717) is 34.5 Å². The largest absolute Gasteiger partial charge is 0.493 e. The zero-order valence-electron chi connectivity index (χ0n) is 13.0. The Morgan fingerprint density at radius 1 is 1.46 bits per heavy atom. The third-order valence-corrected chi connectivity index (χ3v) is 3.17. The van der Waals surface area contributed by atoms with Crippen molar-refractivity contribution >= 4 is 29.3 Å². The Morgan fingerprint density at radius 2 is 2.25 bits per heavy atom. The molecule has 0 aliphatic rings. The molecule has 2 rings (SSSR count). The van der Waals surface area contributed by atoms with E-state index in [1.165, 1.54) is 25.5 Å². The molecule has 0 saturated heterocycles. The molecule has 0 spiro atoms. The predicted molar refractivity (Wildman–Crippen MR) is 91.3 cm³/mol. The van der Waals surface area contributed by atoms with E-state index in [0.717, 1.165) is 6.20 Å². The fourth-order valence-corrected chi connectivity index (χ4v) is 2.11. The summed E-state index contributed by atoms with van der Waals surface area (Å²) in [6.07, 6.45) is 2.67. The summed E-state index contributed by atoms with van der Waals surface area (Å²) in [5.41, 5.74) is 3.28. The topological polar surface area (TPSA) is 98.9 Å². The highest BCUT2D eigenvalue weighted by Crippen LogP contribution is 2.35. The number of rotatable bonds is 7. The molecule has 9 heteroatoms. The van der Waals surface area contributed by atoms with Gasteiger partial charge in [-0.25, -0.2) is 4.98 Å². The van der Waals surface area contributed by atoms with Crippen molar-refractivity contribution in [3.8, 4) is 11.5 Å². The lowest BCUT2D eigenvalue weighted by Gasteiger charge is -2.11. The number of benzene rings is 1. The van der Waals surface area contributed by atoms with Crippen LogP contribution in [0.1, 0.15) is 12.5 Å². The van der Waals surface area contributed by atoms with Gasteiger partial charge in [-0.1, -0.05) is 11.6 Å². The van der Waals surface area contributed by atoms with Gasteiger partial charge in [-0.2, -0.15) is 5.10 Å². The molecule has 0 aliphatic carbocycles. The van der Waals surface area contributed by atoms with Gasteiger partial charge < -0.3 is 9.47 Å². The van der Waals surface area contributed by atoms with Crippen molar-refractivity contribution in [3.05, 3.63) is 51.2 Å². The number of hydrogen-bond acceptors (Lipinski definition) is 7. The van der Waals surface area contributed by atoms with Gasteiger partial charge in [0.15, 0.2) is 11.5 Å². The zero-order valence-corrected chi connectivity index (χ0v) is 13.8. The fourth-order valence-electron chi connectivity index (χ4n) is 1.83. The first-order chi connectivity index (χ1) is 11.5. The third kappa shape index (κ3) is 4.32. The van der Waals surface area contributed by atoms with Gasteiger partial charge in [0.1, 0.15) is 12.0 Å². The Kier molecular flexibility index (Phi) is 5.91. The number of pyridine rings is 1. The Hall–Kier alpha value is -2.87. The van der Waals surface area contributed by atoms with Gasteiger partial charge >= 0.3 is 0 Å². The maximum absolute atomic E-state index is 10.6. The van der Waals surface area contributed by atoms with E-state index in [9.17, 15) is 10.1 Å². The average Bonchev–Trinajstić information content (AvgIpc) is 2.57. The molecule has 8 nitrogen and oxygen atoms in total. The van der Waals surface area contributed by atoms with Crippen LogP contribution in [0, 0.1) is 10.1 Å². The number of aromatic nitrogens is 1. The summed E-state index contributed by atoms with van der Waals surface area (Å²) in [5.74, 6) is 1.35. The Bertz CT molecular complexity index is 750. The summed E-state index contributed by atoms with van der Waals surface area (Å²) in [6, 6.07) is 6.21. The quantitative estimate of drug-likeness (QED) is 0.466. The van der Waals surface area contributed by atoms with Crippen molar-refractivity contribution in [2.75, 3.05) is 19.1 Å². The lowest BCUT2D eigenvalue weighted by molar-refractivity contribution is -0.385. The van der Waals surface area contributed by atoms with Crippen LogP contribution in [0.2, 0.25) is 5.02 Å². The average molecular weight is 351 g/mol. The summed E-state index contributed by atoms with van der Waals surface area (Å²) < 4.78 is 10.7. The number of anilines is 1. The van der Waals surface area contributed by atoms with Crippen LogP contribution in [0.25, 0.3) is 0 Å². The first-order valence-corrected chi connectivity index (χ1v) is 7.32. The smallest absolute Gasteiger partial charge is 0.287 e. The SMILES string of the molecule is CCOc1c(Cl)cc(/C=N/Nc2ccc([N+](=O)[O-])cn2)cc1OC. The Balaban J connectivity index is 2.11. The van der Waals surface area contributed by atoms with Gasteiger partial charge in [-0.3, -0.25) is 15.5 Å². The minimum atomic E-state index is -0.520. The van der Waals surface area contributed by atoms with Crippen LogP contribution >= 0.6 is 11.6 Å². The summed E-state index contributed by atoms with van der Waals surface area (Å²) in [5, 5.41) is 15.0. The molecule has 1 heterocycles. The lowest BCUT2D eigenvalue weighted by atomic mass is 10.2. The number of hydrazone groups is 1. The van der Waals surface area contributed by atoms with Gasteiger partial charge in [-0.15, -0.1) is 0 Å². The van der Waals surface area contributed by atoms with Gasteiger partial charge in [0, 0.05) is 6.07 Å². The minimum Gasteiger partial charge on any atom is -0.493 e. The van der Waals surface area contributed by atoms with Gasteiger partial charge in [0.05, 0.1) is 29.9 Å². The lowest BCUT2D eigenvalue weighted by Crippen LogP contribution is -1.98. The highest BCUT2D eigenvalue weighted by molar-refractivity contribution is 6.32. The molecular formula is C15H15ClN4O4. The molecule has 0 aliphatic heterocycles.